The lowest BCUT2D eigenvalue weighted by Crippen LogP contribution is -2.38. The zero-order valence-electron chi connectivity index (χ0n) is 12.5. The second kappa shape index (κ2) is 7.06. The van der Waals surface area contributed by atoms with Gasteiger partial charge in [0.05, 0.1) is 12.4 Å². The minimum Gasteiger partial charge on any atom is -0.502 e. The van der Waals surface area contributed by atoms with Gasteiger partial charge in [-0.25, -0.2) is 0 Å². The topological polar surface area (TPSA) is 81.8 Å². The summed E-state index contributed by atoms with van der Waals surface area (Å²) in [5, 5.41) is 19.9. The Hall–Kier alpha value is -2.11. The average molecular weight is 290 g/mol. The van der Waals surface area contributed by atoms with Crippen molar-refractivity contribution in [2.75, 3.05) is 0 Å². The standard InChI is InChI=1S/C15H22N4O2/c1-3-4-5-6-11(2)19-14(12-9-16-7-8-17-12)18-10-13(20)15(19)21/h7-11,14,20-21H,3-6H2,1-2H3. The molecule has 2 rings (SSSR count). The molecule has 6 nitrogen and oxygen atoms in total. The van der Waals surface area contributed by atoms with Crippen LogP contribution in [-0.4, -0.2) is 37.3 Å². The summed E-state index contributed by atoms with van der Waals surface area (Å²) >= 11 is 0. The molecule has 0 radical (unpaired) electrons. The molecule has 0 aliphatic carbocycles. The minimum atomic E-state index is -0.453. The van der Waals surface area contributed by atoms with E-state index in [-0.39, 0.29) is 17.7 Å². The number of rotatable bonds is 6. The van der Waals surface area contributed by atoms with E-state index >= 15 is 0 Å². The van der Waals surface area contributed by atoms with Gasteiger partial charge in [0.1, 0.15) is 5.69 Å². The molecule has 1 aromatic rings. The molecule has 0 fully saturated rings. The van der Waals surface area contributed by atoms with Gasteiger partial charge in [0.25, 0.3) is 0 Å². The van der Waals surface area contributed by atoms with Crippen molar-refractivity contribution in [2.24, 2.45) is 4.99 Å². The molecule has 2 N–H and O–H groups in total. The first-order valence-corrected chi connectivity index (χ1v) is 7.34. The van der Waals surface area contributed by atoms with Crippen molar-refractivity contribution in [3.63, 3.8) is 0 Å². The molecular weight excluding hydrogens is 268 g/mol. The lowest BCUT2D eigenvalue weighted by Gasteiger charge is -2.36. The Morgan fingerprint density at radius 3 is 2.76 bits per heavy atom. The van der Waals surface area contributed by atoms with Gasteiger partial charge >= 0.3 is 0 Å². The Labute approximate surface area is 124 Å². The second-order valence-electron chi connectivity index (χ2n) is 5.24. The number of unbranched alkanes of at least 4 members (excludes halogenated alkanes) is 2. The highest BCUT2D eigenvalue weighted by atomic mass is 16.3. The van der Waals surface area contributed by atoms with E-state index in [0.29, 0.717) is 5.69 Å². The third-order valence-electron chi connectivity index (χ3n) is 3.62. The Kier molecular flexibility index (Phi) is 5.14. The second-order valence-corrected chi connectivity index (χ2v) is 5.24. The van der Waals surface area contributed by atoms with Crippen LogP contribution in [-0.2, 0) is 0 Å². The number of aliphatic hydroxyl groups excluding tert-OH is 2. The first-order chi connectivity index (χ1) is 10.1. The highest BCUT2D eigenvalue weighted by molar-refractivity contribution is 5.77. The normalized spacial score (nSPS) is 19.9. The number of hydrogen-bond acceptors (Lipinski definition) is 6. The summed E-state index contributed by atoms with van der Waals surface area (Å²) in [6.07, 6.45) is 9.91. The molecule has 0 saturated carbocycles. The van der Waals surface area contributed by atoms with Gasteiger partial charge in [0.2, 0.25) is 5.88 Å². The molecule has 21 heavy (non-hydrogen) atoms. The maximum Gasteiger partial charge on any atom is 0.234 e. The largest absolute Gasteiger partial charge is 0.502 e. The summed E-state index contributed by atoms with van der Waals surface area (Å²) in [7, 11) is 0. The monoisotopic (exact) mass is 290 g/mol. The smallest absolute Gasteiger partial charge is 0.234 e. The number of nitrogens with zero attached hydrogens (tertiary/aromatic N) is 4. The fraction of sp³-hybridized carbons (Fsp3) is 0.533. The summed E-state index contributed by atoms with van der Waals surface area (Å²) < 4.78 is 0. The van der Waals surface area contributed by atoms with E-state index < -0.39 is 6.17 Å². The van der Waals surface area contributed by atoms with Crippen LogP contribution in [0.15, 0.2) is 35.2 Å². The predicted molar refractivity (Wildman–Crippen MR) is 81.0 cm³/mol. The molecule has 1 aliphatic rings. The van der Waals surface area contributed by atoms with Gasteiger partial charge < -0.3 is 15.1 Å². The molecule has 1 aliphatic heterocycles. The molecule has 0 aromatic carbocycles. The van der Waals surface area contributed by atoms with E-state index in [2.05, 4.69) is 21.9 Å². The Morgan fingerprint density at radius 1 is 1.29 bits per heavy atom. The first-order valence-electron chi connectivity index (χ1n) is 7.34. The van der Waals surface area contributed by atoms with Crippen LogP contribution in [0.3, 0.4) is 0 Å². The molecule has 1 aromatic heterocycles. The maximum absolute atomic E-state index is 10.2. The van der Waals surface area contributed by atoms with Gasteiger partial charge in [-0.2, -0.15) is 0 Å². The molecular formula is C15H22N4O2. The van der Waals surface area contributed by atoms with Gasteiger partial charge in [-0.15, -0.1) is 0 Å². The minimum absolute atomic E-state index is 0.0446. The Bertz CT molecular complexity index is 516. The van der Waals surface area contributed by atoms with Crippen molar-refractivity contribution < 1.29 is 10.2 Å². The molecule has 0 saturated heterocycles. The molecule has 6 heteroatoms. The zero-order valence-corrected chi connectivity index (χ0v) is 12.5. The predicted octanol–water partition coefficient (Wildman–Crippen LogP) is 3.12. The summed E-state index contributed by atoms with van der Waals surface area (Å²) in [6.45, 7) is 4.17. The van der Waals surface area contributed by atoms with E-state index in [1.54, 1.807) is 23.5 Å². The van der Waals surface area contributed by atoms with Crippen molar-refractivity contribution in [2.45, 2.75) is 51.7 Å². The third-order valence-corrected chi connectivity index (χ3v) is 3.62. The molecule has 0 amide bonds. The van der Waals surface area contributed by atoms with E-state index in [4.69, 9.17) is 0 Å². The van der Waals surface area contributed by atoms with E-state index in [9.17, 15) is 10.2 Å². The molecule has 2 heterocycles. The van der Waals surface area contributed by atoms with Crippen LogP contribution in [0.2, 0.25) is 0 Å². The van der Waals surface area contributed by atoms with Crippen molar-refractivity contribution in [1.82, 2.24) is 14.9 Å². The van der Waals surface area contributed by atoms with Gasteiger partial charge in [0, 0.05) is 18.4 Å². The van der Waals surface area contributed by atoms with Gasteiger partial charge in [-0.05, 0) is 13.3 Å². The number of aliphatic hydroxyl groups is 2. The zero-order chi connectivity index (χ0) is 15.2. The summed E-state index contributed by atoms with van der Waals surface area (Å²) in [4.78, 5) is 14.3. The lowest BCUT2D eigenvalue weighted by molar-refractivity contribution is 0.0887. The number of aliphatic imine (C=N–C) groups is 1. The summed E-state index contributed by atoms with van der Waals surface area (Å²) in [5.74, 6) is -0.359. The number of aromatic nitrogens is 2. The highest BCUT2D eigenvalue weighted by Gasteiger charge is 2.31. The Balaban J connectivity index is 2.21. The lowest BCUT2D eigenvalue weighted by atomic mass is 10.1. The van der Waals surface area contributed by atoms with E-state index in [1.165, 1.54) is 6.21 Å². The summed E-state index contributed by atoms with van der Waals surface area (Å²) in [5.41, 5.74) is 0.648. The van der Waals surface area contributed by atoms with Crippen LogP contribution >= 0.6 is 0 Å². The fourth-order valence-electron chi connectivity index (χ4n) is 2.46. The van der Waals surface area contributed by atoms with Gasteiger partial charge in [0.15, 0.2) is 11.9 Å². The quantitative estimate of drug-likeness (QED) is 0.787. The molecule has 2 atom stereocenters. The molecule has 2 unspecified atom stereocenters. The SMILES string of the molecule is CCCCCC(C)N1C(O)=C(O)C=NC1c1cnccn1. The third kappa shape index (κ3) is 3.51. The molecule has 114 valence electrons. The van der Waals surface area contributed by atoms with Crippen molar-refractivity contribution >= 4 is 6.21 Å². The van der Waals surface area contributed by atoms with Crippen LogP contribution in [0.5, 0.6) is 0 Å². The Morgan fingerprint density at radius 2 is 2.10 bits per heavy atom. The van der Waals surface area contributed by atoms with Crippen LogP contribution in [0.25, 0.3) is 0 Å². The average Bonchev–Trinajstić information content (AvgIpc) is 2.50. The molecule has 0 spiro atoms. The van der Waals surface area contributed by atoms with Crippen LogP contribution in [0.4, 0.5) is 0 Å². The van der Waals surface area contributed by atoms with Crippen molar-refractivity contribution in [3.8, 4) is 0 Å². The first kappa shape index (κ1) is 15.3. The van der Waals surface area contributed by atoms with Crippen LogP contribution < -0.4 is 0 Å². The molecule has 0 bridgehead atoms. The fourth-order valence-corrected chi connectivity index (χ4v) is 2.46. The number of hydrogen-bond donors (Lipinski definition) is 2. The van der Waals surface area contributed by atoms with Crippen LogP contribution in [0.1, 0.15) is 51.4 Å². The van der Waals surface area contributed by atoms with E-state index in [0.717, 1.165) is 25.7 Å². The maximum atomic E-state index is 10.2. The van der Waals surface area contributed by atoms with E-state index in [1.807, 2.05) is 6.92 Å². The highest BCUT2D eigenvalue weighted by Crippen LogP contribution is 2.31. The van der Waals surface area contributed by atoms with Gasteiger partial charge in [-0.1, -0.05) is 26.2 Å². The van der Waals surface area contributed by atoms with Crippen molar-refractivity contribution in [3.05, 3.63) is 35.9 Å². The number of allylic oxidation sites excluding steroid dienone is 1. The summed E-state index contributed by atoms with van der Waals surface area (Å²) in [6, 6.07) is 0.0446. The van der Waals surface area contributed by atoms with Gasteiger partial charge in [-0.3, -0.25) is 15.0 Å². The van der Waals surface area contributed by atoms with Crippen LogP contribution in [0, 0.1) is 0 Å². The van der Waals surface area contributed by atoms with Crippen molar-refractivity contribution in [1.29, 1.82) is 0 Å².